The van der Waals surface area contributed by atoms with Crippen molar-refractivity contribution in [1.29, 1.82) is 0 Å². The number of hydrogen-bond donors (Lipinski definition) is 0. The molecule has 1 spiro atoms. The second kappa shape index (κ2) is 4.75. The first-order valence-electron chi connectivity index (χ1n) is 9.08. The minimum Gasteiger partial charge on any atom is -0.497 e. The van der Waals surface area contributed by atoms with E-state index < -0.39 is 0 Å². The van der Waals surface area contributed by atoms with Gasteiger partial charge in [-0.25, -0.2) is 0 Å². The van der Waals surface area contributed by atoms with Gasteiger partial charge in [-0.2, -0.15) is 0 Å². The highest BCUT2D eigenvalue weighted by Crippen LogP contribution is 2.65. The standard InChI is InChI=1S/C20H24O3/c1-22-14-4-6-15-12(10-14)2-5-17-16(15)8-9-20-13(3-7-18(17)20)11-23-19(20)21/h4,6,10,13,16-18H,2-3,5,7-9,11H2,1H3/t13-,16-,17-,18+,20+/m1/s1. The van der Waals surface area contributed by atoms with Crippen LogP contribution in [-0.4, -0.2) is 19.7 Å². The molecule has 5 rings (SSSR count). The normalized spacial score (nSPS) is 40.7. The first kappa shape index (κ1) is 13.9. The third-order valence-corrected chi connectivity index (χ3v) is 7.41. The molecule has 0 aromatic heterocycles. The molecule has 0 radical (unpaired) electrons. The van der Waals surface area contributed by atoms with E-state index in [0.717, 1.165) is 25.0 Å². The summed E-state index contributed by atoms with van der Waals surface area (Å²) < 4.78 is 10.9. The van der Waals surface area contributed by atoms with Crippen LogP contribution in [0.4, 0.5) is 0 Å². The number of esters is 1. The number of rotatable bonds is 1. The Labute approximate surface area is 137 Å². The quantitative estimate of drug-likeness (QED) is 0.742. The fourth-order valence-corrected chi connectivity index (χ4v) is 6.43. The molecule has 122 valence electrons. The third-order valence-electron chi connectivity index (χ3n) is 7.41. The molecule has 0 unspecified atom stereocenters. The van der Waals surface area contributed by atoms with E-state index in [1.807, 2.05) is 0 Å². The number of benzene rings is 1. The van der Waals surface area contributed by atoms with E-state index in [1.165, 1.54) is 30.4 Å². The van der Waals surface area contributed by atoms with Crippen molar-refractivity contribution >= 4 is 5.97 Å². The number of methoxy groups -OCH3 is 1. The summed E-state index contributed by atoms with van der Waals surface area (Å²) in [5.74, 6) is 3.45. The predicted molar refractivity (Wildman–Crippen MR) is 86.4 cm³/mol. The lowest BCUT2D eigenvalue weighted by Gasteiger charge is -2.48. The number of carbonyl (C=O) groups is 1. The monoisotopic (exact) mass is 312 g/mol. The van der Waals surface area contributed by atoms with Gasteiger partial charge >= 0.3 is 5.97 Å². The predicted octanol–water partition coefficient (Wildman–Crippen LogP) is 3.70. The zero-order chi connectivity index (χ0) is 15.6. The number of cyclic esters (lactones) is 1. The molecule has 1 aromatic carbocycles. The van der Waals surface area contributed by atoms with Gasteiger partial charge in [0.2, 0.25) is 0 Å². The first-order chi connectivity index (χ1) is 11.2. The van der Waals surface area contributed by atoms with E-state index >= 15 is 0 Å². The van der Waals surface area contributed by atoms with E-state index in [1.54, 1.807) is 7.11 Å². The van der Waals surface area contributed by atoms with Gasteiger partial charge in [0.25, 0.3) is 0 Å². The van der Waals surface area contributed by atoms with Gasteiger partial charge in [0.15, 0.2) is 0 Å². The van der Waals surface area contributed by atoms with Crippen LogP contribution in [-0.2, 0) is 16.0 Å². The fraction of sp³-hybridized carbons (Fsp3) is 0.650. The highest BCUT2D eigenvalue weighted by Gasteiger charge is 2.64. The number of ether oxygens (including phenoxy) is 2. The molecule has 3 aliphatic carbocycles. The highest BCUT2D eigenvalue weighted by atomic mass is 16.5. The molecule has 23 heavy (non-hydrogen) atoms. The van der Waals surface area contributed by atoms with E-state index in [2.05, 4.69) is 18.2 Å². The smallest absolute Gasteiger partial charge is 0.312 e. The van der Waals surface area contributed by atoms with Crippen molar-refractivity contribution in [2.24, 2.45) is 23.2 Å². The minimum absolute atomic E-state index is 0.120. The van der Waals surface area contributed by atoms with Crippen molar-refractivity contribution in [3.05, 3.63) is 29.3 Å². The van der Waals surface area contributed by atoms with Crippen LogP contribution in [0.1, 0.15) is 49.1 Å². The Bertz CT molecular complexity index is 667. The molecule has 3 nitrogen and oxygen atoms in total. The molecule has 1 aromatic rings. The summed E-state index contributed by atoms with van der Waals surface area (Å²) in [5.41, 5.74) is 2.86. The molecule has 0 amide bonds. The lowest BCUT2D eigenvalue weighted by atomic mass is 9.54. The summed E-state index contributed by atoms with van der Waals surface area (Å²) in [6, 6.07) is 6.60. The maximum absolute atomic E-state index is 12.6. The second-order valence-corrected chi connectivity index (χ2v) is 7.93. The SMILES string of the molecule is COc1ccc2c(c1)CC[C@@H]1[C@@H]2CC[C@]23C(=O)OC[C@H]2CC[C@@H]13. The van der Waals surface area contributed by atoms with Crippen LogP contribution in [0.2, 0.25) is 0 Å². The molecule has 1 saturated heterocycles. The Morgan fingerprint density at radius 2 is 2.13 bits per heavy atom. The van der Waals surface area contributed by atoms with Crippen LogP contribution in [0, 0.1) is 23.2 Å². The largest absolute Gasteiger partial charge is 0.497 e. The molecule has 1 aliphatic heterocycles. The van der Waals surface area contributed by atoms with E-state index in [-0.39, 0.29) is 11.4 Å². The van der Waals surface area contributed by atoms with E-state index in [9.17, 15) is 4.79 Å². The molecule has 5 atom stereocenters. The van der Waals surface area contributed by atoms with Crippen LogP contribution in [0.3, 0.4) is 0 Å². The lowest BCUT2D eigenvalue weighted by Crippen LogP contribution is -2.46. The second-order valence-electron chi connectivity index (χ2n) is 7.93. The number of aryl methyl sites for hydroxylation is 1. The Morgan fingerprint density at radius 3 is 3.00 bits per heavy atom. The minimum atomic E-state index is -0.120. The van der Waals surface area contributed by atoms with Crippen LogP contribution >= 0.6 is 0 Å². The number of hydrogen-bond acceptors (Lipinski definition) is 3. The van der Waals surface area contributed by atoms with Gasteiger partial charge in [-0.1, -0.05) is 6.07 Å². The van der Waals surface area contributed by atoms with Crippen molar-refractivity contribution in [2.75, 3.05) is 13.7 Å². The zero-order valence-electron chi connectivity index (χ0n) is 13.7. The summed E-state index contributed by atoms with van der Waals surface area (Å²) in [6.45, 7) is 0.681. The summed E-state index contributed by atoms with van der Waals surface area (Å²) >= 11 is 0. The Morgan fingerprint density at radius 1 is 1.22 bits per heavy atom. The highest BCUT2D eigenvalue weighted by molar-refractivity contribution is 5.80. The zero-order valence-corrected chi connectivity index (χ0v) is 13.7. The van der Waals surface area contributed by atoms with Gasteiger partial charge in [0, 0.05) is 5.92 Å². The summed E-state index contributed by atoms with van der Waals surface area (Å²) in [6.07, 6.45) is 6.94. The topological polar surface area (TPSA) is 35.5 Å². The summed E-state index contributed by atoms with van der Waals surface area (Å²) in [4.78, 5) is 12.6. The third kappa shape index (κ3) is 1.68. The molecule has 4 aliphatic rings. The maximum atomic E-state index is 12.6. The number of fused-ring (bicyclic) bond motifs is 4. The average Bonchev–Trinajstić information content (AvgIpc) is 3.11. The molecular formula is C20H24O3. The number of carbonyl (C=O) groups excluding carboxylic acids is 1. The van der Waals surface area contributed by atoms with E-state index in [4.69, 9.17) is 9.47 Å². The molecule has 3 heteroatoms. The van der Waals surface area contributed by atoms with Crippen LogP contribution in [0.25, 0.3) is 0 Å². The van der Waals surface area contributed by atoms with Gasteiger partial charge in [-0.05, 0) is 79.5 Å². The first-order valence-corrected chi connectivity index (χ1v) is 9.08. The Hall–Kier alpha value is -1.51. The van der Waals surface area contributed by atoms with Crippen molar-refractivity contribution < 1.29 is 14.3 Å². The van der Waals surface area contributed by atoms with Gasteiger partial charge in [0.1, 0.15) is 5.75 Å². The molecule has 0 N–H and O–H groups in total. The van der Waals surface area contributed by atoms with Crippen LogP contribution in [0.5, 0.6) is 5.75 Å². The maximum Gasteiger partial charge on any atom is 0.312 e. The molecule has 3 fully saturated rings. The van der Waals surface area contributed by atoms with Gasteiger partial charge in [-0.3, -0.25) is 4.79 Å². The van der Waals surface area contributed by atoms with Crippen LogP contribution in [0.15, 0.2) is 18.2 Å². The molecule has 2 saturated carbocycles. The molecule has 0 bridgehead atoms. The van der Waals surface area contributed by atoms with Crippen LogP contribution < -0.4 is 4.74 Å². The summed E-state index contributed by atoms with van der Waals surface area (Å²) in [7, 11) is 1.74. The van der Waals surface area contributed by atoms with Crippen molar-refractivity contribution in [1.82, 2.24) is 0 Å². The van der Waals surface area contributed by atoms with Crippen molar-refractivity contribution in [2.45, 2.75) is 44.4 Å². The average molecular weight is 312 g/mol. The lowest BCUT2D eigenvalue weighted by molar-refractivity contribution is -0.152. The van der Waals surface area contributed by atoms with Crippen molar-refractivity contribution in [3.63, 3.8) is 0 Å². The fourth-order valence-electron chi connectivity index (χ4n) is 6.43. The summed E-state index contributed by atoms with van der Waals surface area (Å²) in [5, 5.41) is 0. The Kier molecular flexibility index (Phi) is 2.87. The molecule has 1 heterocycles. The molecular weight excluding hydrogens is 288 g/mol. The van der Waals surface area contributed by atoms with Gasteiger partial charge in [0.05, 0.1) is 19.1 Å². The van der Waals surface area contributed by atoms with Gasteiger partial charge in [-0.15, -0.1) is 0 Å². The van der Waals surface area contributed by atoms with E-state index in [0.29, 0.717) is 30.3 Å². The Balaban J connectivity index is 1.53. The van der Waals surface area contributed by atoms with Crippen molar-refractivity contribution in [3.8, 4) is 5.75 Å². The van der Waals surface area contributed by atoms with Gasteiger partial charge < -0.3 is 9.47 Å².